The fourth-order valence-corrected chi connectivity index (χ4v) is 6.14. The Hall–Kier alpha value is -2.85. The van der Waals surface area contributed by atoms with Gasteiger partial charge in [0, 0.05) is 47.4 Å². The first-order valence-electron chi connectivity index (χ1n) is 12.4. The minimum Gasteiger partial charge on any atom is -0.497 e. The molecule has 0 N–H and O–H groups in total. The predicted octanol–water partition coefficient (Wildman–Crippen LogP) is 5.79. The molecule has 1 aliphatic heterocycles. The number of carbonyl (C=O) groups excluding carboxylic acids is 2. The first-order valence-corrected chi connectivity index (χ1v) is 14.3. The van der Waals surface area contributed by atoms with Gasteiger partial charge in [0.15, 0.2) is 11.5 Å². The lowest BCUT2D eigenvalue weighted by Crippen LogP contribution is -2.40. The van der Waals surface area contributed by atoms with Crippen LogP contribution in [0.3, 0.4) is 0 Å². The van der Waals surface area contributed by atoms with Gasteiger partial charge >= 0.3 is 5.97 Å². The number of amides is 1. The number of rotatable bonds is 10. The number of hydrogen-bond acceptors (Lipinski definition) is 9. The molecule has 1 saturated heterocycles. The third-order valence-electron chi connectivity index (χ3n) is 6.33. The Labute approximate surface area is 225 Å². The molecule has 0 bridgehead atoms. The molecule has 10 heteroatoms. The van der Waals surface area contributed by atoms with E-state index in [1.807, 2.05) is 22.4 Å². The molecule has 0 spiro atoms. The van der Waals surface area contributed by atoms with Gasteiger partial charge in [-0.15, -0.1) is 11.3 Å². The SMILES string of the molecule is CCOC(=O)c1cc(-c2csc(C3CCN(C(=O)CC(C)(C)SCc4ccc(OC)cc4)CC3)n2)on1. The molecule has 1 fully saturated rings. The second kappa shape index (κ2) is 12.1. The van der Waals surface area contributed by atoms with Crippen LogP contribution in [-0.2, 0) is 15.3 Å². The van der Waals surface area contributed by atoms with Crippen molar-refractivity contribution in [2.45, 2.75) is 56.5 Å². The maximum absolute atomic E-state index is 13.1. The van der Waals surface area contributed by atoms with Crippen LogP contribution < -0.4 is 4.74 Å². The number of aromatic nitrogens is 2. The predicted molar refractivity (Wildman–Crippen MR) is 145 cm³/mol. The van der Waals surface area contributed by atoms with Crippen LogP contribution in [0.15, 0.2) is 40.2 Å². The van der Waals surface area contributed by atoms with Crippen LogP contribution in [-0.4, -0.2) is 58.5 Å². The zero-order valence-corrected chi connectivity index (χ0v) is 23.3. The van der Waals surface area contributed by atoms with E-state index < -0.39 is 5.97 Å². The largest absolute Gasteiger partial charge is 0.497 e. The van der Waals surface area contributed by atoms with Crippen molar-refractivity contribution in [3.63, 3.8) is 0 Å². The van der Waals surface area contributed by atoms with E-state index in [-0.39, 0.29) is 23.0 Å². The lowest BCUT2D eigenvalue weighted by Gasteiger charge is -2.33. The van der Waals surface area contributed by atoms with Crippen molar-refractivity contribution in [1.29, 1.82) is 0 Å². The van der Waals surface area contributed by atoms with E-state index in [0.29, 0.717) is 23.8 Å². The highest BCUT2D eigenvalue weighted by Gasteiger charge is 2.30. The first-order chi connectivity index (χ1) is 17.8. The number of methoxy groups -OCH3 is 1. The van der Waals surface area contributed by atoms with Gasteiger partial charge in [0.2, 0.25) is 5.91 Å². The fraction of sp³-hybridized carbons (Fsp3) is 0.481. The maximum atomic E-state index is 13.1. The number of likely N-dealkylation sites (tertiary alicyclic amines) is 1. The van der Waals surface area contributed by atoms with Crippen LogP contribution in [0.2, 0.25) is 0 Å². The normalized spacial score (nSPS) is 14.5. The maximum Gasteiger partial charge on any atom is 0.360 e. The Morgan fingerprint density at radius 1 is 1.22 bits per heavy atom. The molecule has 198 valence electrons. The summed E-state index contributed by atoms with van der Waals surface area (Å²) in [6.07, 6.45) is 2.26. The number of benzene rings is 1. The van der Waals surface area contributed by atoms with Gasteiger partial charge in [0.1, 0.15) is 11.4 Å². The monoisotopic (exact) mass is 543 g/mol. The number of carbonyl (C=O) groups is 2. The number of hydrogen-bond donors (Lipinski definition) is 0. The zero-order chi connectivity index (χ0) is 26.4. The smallest absolute Gasteiger partial charge is 0.360 e. The molecule has 1 amide bonds. The summed E-state index contributed by atoms with van der Waals surface area (Å²) in [5, 5.41) is 6.73. The lowest BCUT2D eigenvalue weighted by atomic mass is 9.96. The molecule has 8 nitrogen and oxygen atoms in total. The van der Waals surface area contributed by atoms with E-state index in [9.17, 15) is 9.59 Å². The van der Waals surface area contributed by atoms with Crippen LogP contribution in [0.5, 0.6) is 5.75 Å². The van der Waals surface area contributed by atoms with Gasteiger partial charge in [0.25, 0.3) is 0 Å². The summed E-state index contributed by atoms with van der Waals surface area (Å²) in [6.45, 7) is 7.76. The van der Waals surface area contributed by atoms with E-state index >= 15 is 0 Å². The van der Waals surface area contributed by atoms with Crippen LogP contribution in [0, 0.1) is 0 Å². The van der Waals surface area contributed by atoms with E-state index in [2.05, 4.69) is 31.1 Å². The van der Waals surface area contributed by atoms with Gasteiger partial charge in [-0.2, -0.15) is 11.8 Å². The summed E-state index contributed by atoms with van der Waals surface area (Å²) in [4.78, 5) is 31.6. The minimum absolute atomic E-state index is 0.142. The summed E-state index contributed by atoms with van der Waals surface area (Å²) >= 11 is 3.38. The summed E-state index contributed by atoms with van der Waals surface area (Å²) in [6, 6.07) is 9.64. The van der Waals surface area contributed by atoms with E-state index in [0.717, 1.165) is 42.4 Å². The molecule has 2 aromatic heterocycles. The van der Waals surface area contributed by atoms with Crippen molar-refractivity contribution < 1.29 is 23.6 Å². The highest BCUT2D eigenvalue weighted by Crippen LogP contribution is 2.35. The molecule has 0 atom stereocenters. The third kappa shape index (κ3) is 7.13. The fourth-order valence-electron chi connectivity index (χ4n) is 4.19. The number of esters is 1. The Kier molecular flexibility index (Phi) is 8.91. The van der Waals surface area contributed by atoms with Crippen molar-refractivity contribution in [2.75, 3.05) is 26.8 Å². The molecule has 0 radical (unpaired) electrons. The molecular formula is C27H33N3O5S2. The second-order valence-electron chi connectivity index (χ2n) is 9.60. The molecule has 0 aliphatic carbocycles. The second-order valence-corrected chi connectivity index (χ2v) is 12.2. The van der Waals surface area contributed by atoms with Crippen molar-refractivity contribution in [2.24, 2.45) is 0 Å². The van der Waals surface area contributed by atoms with Crippen LogP contribution in [0.1, 0.15) is 67.0 Å². The van der Waals surface area contributed by atoms with Gasteiger partial charge in [-0.05, 0) is 37.5 Å². The Bertz CT molecular complexity index is 1200. The van der Waals surface area contributed by atoms with E-state index in [1.54, 1.807) is 43.2 Å². The van der Waals surface area contributed by atoms with Gasteiger partial charge in [-0.1, -0.05) is 31.1 Å². The summed E-state index contributed by atoms with van der Waals surface area (Å²) < 4.78 is 15.3. The average Bonchev–Trinajstić information content (AvgIpc) is 3.58. The quantitative estimate of drug-likeness (QED) is 0.297. The van der Waals surface area contributed by atoms with Gasteiger partial charge < -0.3 is 18.9 Å². The number of thioether (sulfide) groups is 1. The average molecular weight is 544 g/mol. The number of thiazole rings is 1. The Morgan fingerprint density at radius 2 is 1.95 bits per heavy atom. The van der Waals surface area contributed by atoms with Crippen molar-refractivity contribution in [1.82, 2.24) is 15.0 Å². The number of piperidine rings is 1. The van der Waals surface area contributed by atoms with Crippen molar-refractivity contribution in [3.8, 4) is 17.2 Å². The van der Waals surface area contributed by atoms with E-state index in [4.69, 9.17) is 19.0 Å². The number of nitrogens with zero attached hydrogens (tertiary/aromatic N) is 3. The molecular weight excluding hydrogens is 510 g/mol. The van der Waals surface area contributed by atoms with Gasteiger partial charge in [-0.3, -0.25) is 4.79 Å². The first kappa shape index (κ1) is 27.2. The Morgan fingerprint density at radius 3 is 2.62 bits per heavy atom. The number of ether oxygens (including phenoxy) is 2. The molecule has 1 aliphatic rings. The third-order valence-corrected chi connectivity index (χ3v) is 8.74. The standard InChI is InChI=1S/C27H33N3O5S2/c1-5-34-26(32)21-14-23(35-29-21)22-17-36-25(28-22)19-10-12-30(13-11-19)24(31)15-27(2,3)37-16-18-6-8-20(33-4)9-7-18/h6-9,14,17,19H,5,10-13,15-16H2,1-4H3. The molecule has 0 unspecified atom stereocenters. The molecule has 3 heterocycles. The molecule has 37 heavy (non-hydrogen) atoms. The highest BCUT2D eigenvalue weighted by atomic mass is 32.2. The highest BCUT2D eigenvalue weighted by molar-refractivity contribution is 7.99. The molecule has 0 saturated carbocycles. The zero-order valence-electron chi connectivity index (χ0n) is 21.7. The molecule has 4 rings (SSSR count). The minimum atomic E-state index is -0.507. The van der Waals surface area contributed by atoms with Crippen molar-refractivity contribution >= 4 is 35.0 Å². The van der Waals surface area contributed by atoms with Gasteiger partial charge in [-0.25, -0.2) is 9.78 Å². The molecule has 3 aromatic rings. The Balaban J connectivity index is 1.26. The summed E-state index contributed by atoms with van der Waals surface area (Å²) in [5.74, 6) is 2.15. The van der Waals surface area contributed by atoms with Gasteiger partial charge in [0.05, 0.1) is 18.7 Å². The summed E-state index contributed by atoms with van der Waals surface area (Å²) in [5.41, 5.74) is 2.03. The topological polar surface area (TPSA) is 94.8 Å². The summed E-state index contributed by atoms with van der Waals surface area (Å²) in [7, 11) is 1.66. The lowest BCUT2D eigenvalue weighted by molar-refractivity contribution is -0.132. The van der Waals surface area contributed by atoms with Crippen molar-refractivity contribution in [3.05, 3.63) is 52.0 Å². The molecule has 1 aromatic carbocycles. The van der Waals surface area contributed by atoms with Crippen LogP contribution in [0.25, 0.3) is 11.5 Å². The van der Waals surface area contributed by atoms with Crippen LogP contribution in [0.4, 0.5) is 0 Å². The van der Waals surface area contributed by atoms with E-state index in [1.165, 1.54) is 5.56 Å². The van der Waals surface area contributed by atoms with Crippen LogP contribution >= 0.6 is 23.1 Å².